The molecule has 2 aromatic rings. The Hall–Kier alpha value is -2.15. The van der Waals surface area contributed by atoms with Gasteiger partial charge in [-0.2, -0.15) is 0 Å². The molecule has 0 radical (unpaired) electrons. The number of thioether (sulfide) groups is 1. The molecule has 2 aliphatic rings. The van der Waals surface area contributed by atoms with E-state index in [0.717, 1.165) is 30.2 Å². The molecule has 1 saturated carbocycles. The average molecular weight is 520 g/mol. The van der Waals surface area contributed by atoms with E-state index >= 15 is 0 Å². The number of ether oxygens (including phenoxy) is 2. The van der Waals surface area contributed by atoms with Crippen LogP contribution in [0.15, 0.2) is 41.3 Å². The predicted octanol–water partition coefficient (Wildman–Crippen LogP) is 7.59. The molecule has 1 heterocycles. The zero-order valence-electron chi connectivity index (χ0n) is 19.0. The van der Waals surface area contributed by atoms with Gasteiger partial charge in [-0.1, -0.05) is 54.6 Å². The smallest absolute Gasteiger partial charge is 0.293 e. The summed E-state index contributed by atoms with van der Waals surface area (Å²) in [6, 6.07) is 10.9. The Morgan fingerprint density at radius 2 is 1.79 bits per heavy atom. The van der Waals surface area contributed by atoms with Gasteiger partial charge in [-0.05, 0) is 78.9 Å². The largest absolute Gasteiger partial charge is 0.490 e. The van der Waals surface area contributed by atoms with Gasteiger partial charge in [-0.25, -0.2) is 0 Å². The third kappa shape index (κ3) is 6.09. The molecule has 5 nitrogen and oxygen atoms in total. The van der Waals surface area contributed by atoms with Crippen molar-refractivity contribution in [2.24, 2.45) is 5.92 Å². The number of hydrogen-bond acceptors (Lipinski definition) is 5. The summed E-state index contributed by atoms with van der Waals surface area (Å²) in [7, 11) is 0. The quantitative estimate of drug-likeness (QED) is 0.336. The predicted molar refractivity (Wildman–Crippen MR) is 138 cm³/mol. The lowest BCUT2D eigenvalue weighted by Crippen LogP contribution is -2.34. The molecule has 0 N–H and O–H groups in total. The van der Waals surface area contributed by atoms with Crippen molar-refractivity contribution in [1.82, 2.24) is 4.90 Å². The fraction of sp³-hybridized carbons (Fsp3) is 0.385. The minimum absolute atomic E-state index is 0.208. The highest BCUT2D eigenvalue weighted by Crippen LogP contribution is 2.40. The fourth-order valence-electron chi connectivity index (χ4n) is 4.25. The van der Waals surface area contributed by atoms with Gasteiger partial charge < -0.3 is 9.47 Å². The molecule has 1 aliphatic carbocycles. The molecule has 0 spiro atoms. The Labute approximate surface area is 214 Å². The summed E-state index contributed by atoms with van der Waals surface area (Å²) in [5, 5.41) is 0.817. The summed E-state index contributed by atoms with van der Waals surface area (Å²) in [6.45, 7) is 3.11. The van der Waals surface area contributed by atoms with Gasteiger partial charge in [-0.15, -0.1) is 0 Å². The Balaban J connectivity index is 1.51. The van der Waals surface area contributed by atoms with Gasteiger partial charge in [0.15, 0.2) is 11.5 Å². The van der Waals surface area contributed by atoms with Gasteiger partial charge in [0.1, 0.15) is 6.61 Å². The average Bonchev–Trinajstić information content (AvgIpc) is 3.08. The molecule has 8 heteroatoms. The summed E-state index contributed by atoms with van der Waals surface area (Å²) in [4.78, 5) is 27.3. The van der Waals surface area contributed by atoms with Crippen LogP contribution >= 0.6 is 35.0 Å². The van der Waals surface area contributed by atoms with Crippen LogP contribution in [0.1, 0.15) is 50.2 Å². The van der Waals surface area contributed by atoms with Crippen molar-refractivity contribution in [3.8, 4) is 11.5 Å². The van der Waals surface area contributed by atoms with Crippen LogP contribution in [0.3, 0.4) is 0 Å². The number of halogens is 2. The number of carbonyl (C=O) groups excluding carboxylic acids is 2. The van der Waals surface area contributed by atoms with Gasteiger partial charge in [0.05, 0.1) is 16.5 Å². The molecule has 0 aromatic heterocycles. The van der Waals surface area contributed by atoms with E-state index in [-0.39, 0.29) is 11.1 Å². The first-order chi connectivity index (χ1) is 16.4. The number of benzene rings is 2. The summed E-state index contributed by atoms with van der Waals surface area (Å²) in [6.07, 6.45) is 7.42. The van der Waals surface area contributed by atoms with E-state index in [4.69, 9.17) is 32.7 Å². The molecule has 0 unspecified atom stereocenters. The SMILES string of the molecule is CCOc1cc(/C=C2/SC(=O)N(CC3CCCCC3)C2=O)cc(Cl)c1OCc1ccc(Cl)cc1. The molecule has 34 heavy (non-hydrogen) atoms. The lowest BCUT2D eigenvalue weighted by molar-refractivity contribution is -0.123. The highest BCUT2D eigenvalue weighted by Gasteiger charge is 2.36. The van der Waals surface area contributed by atoms with Crippen molar-refractivity contribution >= 4 is 52.2 Å². The van der Waals surface area contributed by atoms with Crippen molar-refractivity contribution in [1.29, 1.82) is 0 Å². The summed E-state index contributed by atoms with van der Waals surface area (Å²) in [5.74, 6) is 1.08. The third-order valence-corrected chi connectivity index (χ3v) is 7.41. The van der Waals surface area contributed by atoms with Crippen LogP contribution in [0.4, 0.5) is 4.79 Å². The minimum Gasteiger partial charge on any atom is -0.490 e. The Kier molecular flexibility index (Phi) is 8.46. The molecule has 180 valence electrons. The van der Waals surface area contributed by atoms with E-state index in [1.807, 2.05) is 19.1 Å². The number of imide groups is 1. The van der Waals surface area contributed by atoms with Gasteiger partial charge >= 0.3 is 0 Å². The van der Waals surface area contributed by atoms with E-state index in [0.29, 0.717) is 57.7 Å². The maximum absolute atomic E-state index is 13.0. The summed E-state index contributed by atoms with van der Waals surface area (Å²) in [5.41, 5.74) is 1.62. The van der Waals surface area contributed by atoms with Gasteiger partial charge in [0, 0.05) is 11.6 Å². The second-order valence-electron chi connectivity index (χ2n) is 8.47. The number of nitrogens with zero attached hydrogens (tertiary/aromatic N) is 1. The van der Waals surface area contributed by atoms with Gasteiger partial charge in [0.25, 0.3) is 11.1 Å². The van der Waals surface area contributed by atoms with Crippen molar-refractivity contribution in [2.45, 2.75) is 45.6 Å². The lowest BCUT2D eigenvalue weighted by Gasteiger charge is -2.25. The zero-order valence-corrected chi connectivity index (χ0v) is 21.3. The molecule has 2 fully saturated rings. The maximum Gasteiger partial charge on any atom is 0.293 e. The molecular weight excluding hydrogens is 493 g/mol. The zero-order chi connectivity index (χ0) is 24.1. The number of amides is 2. The first-order valence-electron chi connectivity index (χ1n) is 11.5. The van der Waals surface area contributed by atoms with Gasteiger partial charge in [-0.3, -0.25) is 14.5 Å². The number of carbonyl (C=O) groups is 2. The van der Waals surface area contributed by atoms with Crippen LogP contribution in [0.25, 0.3) is 6.08 Å². The second-order valence-corrected chi connectivity index (χ2v) is 10.3. The summed E-state index contributed by atoms with van der Waals surface area (Å²) >= 11 is 13.5. The second kappa shape index (κ2) is 11.5. The first kappa shape index (κ1) is 25.0. The Bertz CT molecular complexity index is 1080. The molecular formula is C26H27Cl2NO4S. The van der Waals surface area contributed by atoms with E-state index in [1.54, 1.807) is 30.3 Å². The Morgan fingerprint density at radius 1 is 1.06 bits per heavy atom. The topological polar surface area (TPSA) is 55.8 Å². The number of hydrogen-bond donors (Lipinski definition) is 0. The number of rotatable bonds is 8. The Morgan fingerprint density at radius 3 is 2.50 bits per heavy atom. The lowest BCUT2D eigenvalue weighted by atomic mass is 9.89. The van der Waals surface area contributed by atoms with Crippen LogP contribution < -0.4 is 9.47 Å². The van der Waals surface area contributed by atoms with Gasteiger partial charge in [0.2, 0.25) is 0 Å². The van der Waals surface area contributed by atoms with Crippen LogP contribution in [-0.4, -0.2) is 29.2 Å². The normalized spacial score (nSPS) is 18.1. The highest BCUT2D eigenvalue weighted by atomic mass is 35.5. The molecule has 0 bridgehead atoms. The van der Waals surface area contributed by atoms with Crippen LogP contribution in [0.5, 0.6) is 11.5 Å². The molecule has 0 atom stereocenters. The molecule has 4 rings (SSSR count). The fourth-order valence-corrected chi connectivity index (χ4v) is 5.50. The van der Waals surface area contributed by atoms with E-state index < -0.39 is 0 Å². The van der Waals surface area contributed by atoms with E-state index in [2.05, 4.69) is 0 Å². The third-order valence-electron chi connectivity index (χ3n) is 5.96. The van der Waals surface area contributed by atoms with Crippen LogP contribution in [0.2, 0.25) is 10.0 Å². The van der Waals surface area contributed by atoms with Crippen molar-refractivity contribution in [3.63, 3.8) is 0 Å². The molecule has 1 aliphatic heterocycles. The van der Waals surface area contributed by atoms with Crippen molar-refractivity contribution in [3.05, 3.63) is 62.5 Å². The van der Waals surface area contributed by atoms with Crippen LogP contribution in [-0.2, 0) is 11.4 Å². The molecule has 2 aromatic carbocycles. The van der Waals surface area contributed by atoms with E-state index in [1.165, 1.54) is 24.2 Å². The standard InChI is InChI=1S/C26H27Cl2NO4S/c1-2-32-22-13-19(12-21(28)24(22)33-16-18-8-10-20(27)11-9-18)14-23-25(30)29(26(31)34-23)15-17-6-4-3-5-7-17/h8-14,17H,2-7,15-16H2,1H3/b23-14+. The first-order valence-corrected chi connectivity index (χ1v) is 13.1. The minimum atomic E-state index is -0.238. The molecule has 2 amide bonds. The summed E-state index contributed by atoms with van der Waals surface area (Å²) < 4.78 is 11.7. The van der Waals surface area contributed by atoms with Crippen LogP contribution in [0, 0.1) is 5.92 Å². The van der Waals surface area contributed by atoms with Crippen molar-refractivity contribution < 1.29 is 19.1 Å². The highest BCUT2D eigenvalue weighted by molar-refractivity contribution is 8.18. The maximum atomic E-state index is 13.0. The van der Waals surface area contributed by atoms with Crippen molar-refractivity contribution in [2.75, 3.05) is 13.2 Å². The monoisotopic (exact) mass is 519 g/mol. The van der Waals surface area contributed by atoms with E-state index in [9.17, 15) is 9.59 Å². The molecule has 1 saturated heterocycles.